The van der Waals surface area contributed by atoms with Gasteiger partial charge in [-0.15, -0.1) is 0 Å². The van der Waals surface area contributed by atoms with Gasteiger partial charge in [-0.25, -0.2) is 8.42 Å². The van der Waals surface area contributed by atoms with Crippen LogP contribution in [-0.2, 0) is 10.0 Å². The van der Waals surface area contributed by atoms with Crippen LogP contribution in [0.4, 0.5) is 0 Å². The van der Waals surface area contributed by atoms with Crippen LogP contribution in [0.3, 0.4) is 0 Å². The first kappa shape index (κ1) is 14.3. The van der Waals surface area contributed by atoms with E-state index in [-0.39, 0.29) is 12.1 Å². The third-order valence-electron chi connectivity index (χ3n) is 3.02. The maximum Gasteiger partial charge on any atom is 0.243 e. The molecule has 0 amide bonds. The Kier molecular flexibility index (Phi) is 3.85. The molecule has 2 N–H and O–H groups in total. The predicted octanol–water partition coefficient (Wildman–Crippen LogP) is 1.11. The van der Waals surface area contributed by atoms with Crippen molar-refractivity contribution in [1.82, 2.24) is 4.31 Å². The van der Waals surface area contributed by atoms with Crippen molar-refractivity contribution in [3.8, 4) is 5.75 Å². The number of nitrogens with two attached hydrogens (primary N) is 1. The van der Waals surface area contributed by atoms with E-state index < -0.39 is 10.0 Å². The average Bonchev–Trinajstić information content (AvgIpc) is 2.27. The smallest absolute Gasteiger partial charge is 0.243 e. The topological polar surface area (TPSA) is 72.6 Å². The van der Waals surface area contributed by atoms with Crippen molar-refractivity contribution in [3.05, 3.63) is 23.8 Å². The molecular formula is C13H20N2O3S. The summed E-state index contributed by atoms with van der Waals surface area (Å²) in [5.74, 6) is 0.717. The van der Waals surface area contributed by atoms with Crippen molar-refractivity contribution in [2.75, 3.05) is 13.1 Å². The van der Waals surface area contributed by atoms with Crippen molar-refractivity contribution in [3.63, 3.8) is 0 Å². The first-order chi connectivity index (χ1) is 8.80. The molecule has 0 unspecified atom stereocenters. The molecule has 1 fully saturated rings. The number of ether oxygens (including phenoxy) is 1. The first-order valence-electron chi connectivity index (χ1n) is 6.33. The van der Waals surface area contributed by atoms with Gasteiger partial charge in [0, 0.05) is 19.1 Å². The summed E-state index contributed by atoms with van der Waals surface area (Å²) in [6.45, 7) is 6.51. The molecule has 1 aliphatic heterocycles. The number of hydrogen-bond donors (Lipinski definition) is 1. The van der Waals surface area contributed by atoms with E-state index in [4.69, 9.17) is 10.5 Å². The highest BCUT2D eigenvalue weighted by Crippen LogP contribution is 2.26. The van der Waals surface area contributed by atoms with E-state index in [1.807, 2.05) is 20.8 Å². The van der Waals surface area contributed by atoms with E-state index in [0.717, 1.165) is 5.56 Å². The quantitative estimate of drug-likeness (QED) is 0.899. The Bertz CT molecular complexity index is 563. The molecule has 106 valence electrons. The third-order valence-corrected chi connectivity index (χ3v) is 4.85. The molecule has 1 aromatic carbocycles. The largest absolute Gasteiger partial charge is 0.491 e. The molecule has 0 saturated carbocycles. The van der Waals surface area contributed by atoms with E-state index in [9.17, 15) is 8.42 Å². The lowest BCUT2D eigenvalue weighted by Gasteiger charge is -2.35. The standard InChI is InChI=1S/C13H20N2O3S/c1-9(2)18-13-5-4-12(6-10(13)3)19(16,17)15-7-11(14)8-15/h4-6,9,11H,7-8,14H2,1-3H3. The lowest BCUT2D eigenvalue weighted by molar-refractivity contribution is 0.240. The Morgan fingerprint density at radius 1 is 1.37 bits per heavy atom. The first-order valence-corrected chi connectivity index (χ1v) is 7.77. The van der Waals surface area contributed by atoms with Crippen molar-refractivity contribution in [2.45, 2.75) is 37.8 Å². The molecule has 5 nitrogen and oxygen atoms in total. The van der Waals surface area contributed by atoms with Crippen molar-refractivity contribution in [2.24, 2.45) is 5.73 Å². The summed E-state index contributed by atoms with van der Waals surface area (Å²) in [6.07, 6.45) is 0.0644. The average molecular weight is 284 g/mol. The van der Waals surface area contributed by atoms with Crippen LogP contribution in [0.25, 0.3) is 0 Å². The number of nitrogens with zero attached hydrogens (tertiary/aromatic N) is 1. The number of hydrogen-bond acceptors (Lipinski definition) is 4. The molecule has 0 aromatic heterocycles. The zero-order chi connectivity index (χ0) is 14.2. The highest BCUT2D eigenvalue weighted by Gasteiger charge is 2.34. The van der Waals surface area contributed by atoms with Gasteiger partial charge in [0.25, 0.3) is 0 Å². The van der Waals surface area contributed by atoms with Gasteiger partial charge in [-0.05, 0) is 44.5 Å². The lowest BCUT2D eigenvalue weighted by atomic mass is 10.2. The van der Waals surface area contributed by atoms with Gasteiger partial charge in [0.2, 0.25) is 10.0 Å². The zero-order valence-corrected chi connectivity index (χ0v) is 12.3. The van der Waals surface area contributed by atoms with Crippen LogP contribution in [-0.4, -0.2) is 38.0 Å². The van der Waals surface area contributed by atoms with Gasteiger partial charge in [0.05, 0.1) is 11.0 Å². The molecular weight excluding hydrogens is 264 g/mol. The van der Waals surface area contributed by atoms with Crippen LogP contribution in [0, 0.1) is 6.92 Å². The Hall–Kier alpha value is -1.11. The number of sulfonamides is 1. The summed E-state index contributed by atoms with van der Waals surface area (Å²) < 4.78 is 31.6. The monoisotopic (exact) mass is 284 g/mol. The minimum absolute atomic E-state index is 0.0422. The molecule has 2 rings (SSSR count). The van der Waals surface area contributed by atoms with E-state index in [1.165, 1.54) is 4.31 Å². The lowest BCUT2D eigenvalue weighted by Crippen LogP contribution is -2.57. The minimum atomic E-state index is -3.41. The summed E-state index contributed by atoms with van der Waals surface area (Å²) in [4.78, 5) is 0.299. The number of rotatable bonds is 4. The zero-order valence-electron chi connectivity index (χ0n) is 11.5. The Balaban J connectivity index is 2.24. The maximum atomic E-state index is 12.3. The molecule has 1 aromatic rings. The Labute approximate surface area is 114 Å². The fourth-order valence-corrected chi connectivity index (χ4v) is 3.62. The van der Waals surface area contributed by atoms with Crippen LogP contribution in [0.5, 0.6) is 5.75 Å². The fourth-order valence-electron chi connectivity index (χ4n) is 1.98. The molecule has 0 atom stereocenters. The second-order valence-electron chi connectivity index (χ2n) is 5.18. The van der Waals surface area contributed by atoms with Gasteiger partial charge in [-0.3, -0.25) is 0 Å². The van der Waals surface area contributed by atoms with Crippen LogP contribution < -0.4 is 10.5 Å². The number of benzene rings is 1. The van der Waals surface area contributed by atoms with Crippen LogP contribution in [0.2, 0.25) is 0 Å². The van der Waals surface area contributed by atoms with Crippen LogP contribution in [0.1, 0.15) is 19.4 Å². The molecule has 1 aliphatic rings. The van der Waals surface area contributed by atoms with Crippen LogP contribution >= 0.6 is 0 Å². The van der Waals surface area contributed by atoms with Gasteiger partial charge in [0.1, 0.15) is 5.75 Å². The summed E-state index contributed by atoms with van der Waals surface area (Å²) >= 11 is 0. The van der Waals surface area contributed by atoms with E-state index in [0.29, 0.717) is 23.7 Å². The van der Waals surface area contributed by atoms with Gasteiger partial charge in [-0.2, -0.15) is 4.31 Å². The molecule has 6 heteroatoms. The summed E-state index contributed by atoms with van der Waals surface area (Å²) in [5, 5.41) is 0. The van der Waals surface area contributed by atoms with Gasteiger partial charge >= 0.3 is 0 Å². The second-order valence-corrected chi connectivity index (χ2v) is 7.11. The Morgan fingerprint density at radius 3 is 2.47 bits per heavy atom. The fraction of sp³-hybridized carbons (Fsp3) is 0.538. The minimum Gasteiger partial charge on any atom is -0.491 e. The molecule has 0 bridgehead atoms. The molecule has 0 radical (unpaired) electrons. The van der Waals surface area contributed by atoms with E-state index in [1.54, 1.807) is 18.2 Å². The predicted molar refractivity (Wildman–Crippen MR) is 73.7 cm³/mol. The highest BCUT2D eigenvalue weighted by molar-refractivity contribution is 7.89. The van der Waals surface area contributed by atoms with E-state index >= 15 is 0 Å². The van der Waals surface area contributed by atoms with Crippen molar-refractivity contribution >= 4 is 10.0 Å². The molecule has 0 spiro atoms. The third kappa shape index (κ3) is 2.91. The molecule has 19 heavy (non-hydrogen) atoms. The molecule has 0 aliphatic carbocycles. The maximum absolute atomic E-state index is 12.3. The highest BCUT2D eigenvalue weighted by atomic mass is 32.2. The van der Waals surface area contributed by atoms with Gasteiger partial charge in [0.15, 0.2) is 0 Å². The van der Waals surface area contributed by atoms with Gasteiger partial charge in [-0.1, -0.05) is 0 Å². The van der Waals surface area contributed by atoms with Gasteiger partial charge < -0.3 is 10.5 Å². The number of aryl methyl sites for hydroxylation is 1. The normalized spacial score (nSPS) is 17.5. The molecule has 1 saturated heterocycles. The summed E-state index contributed by atoms with van der Waals surface area (Å²) in [6, 6.07) is 4.90. The second kappa shape index (κ2) is 5.11. The Morgan fingerprint density at radius 2 is 2.00 bits per heavy atom. The summed E-state index contributed by atoms with van der Waals surface area (Å²) in [5.41, 5.74) is 6.45. The SMILES string of the molecule is Cc1cc(S(=O)(=O)N2CC(N)C2)ccc1OC(C)C. The van der Waals surface area contributed by atoms with E-state index in [2.05, 4.69) is 0 Å². The molecule has 1 heterocycles. The van der Waals surface area contributed by atoms with Crippen LogP contribution in [0.15, 0.2) is 23.1 Å². The van der Waals surface area contributed by atoms with Crippen molar-refractivity contribution in [1.29, 1.82) is 0 Å². The summed E-state index contributed by atoms with van der Waals surface area (Å²) in [7, 11) is -3.41. The van der Waals surface area contributed by atoms with Crippen molar-refractivity contribution < 1.29 is 13.2 Å².